The van der Waals surface area contributed by atoms with Gasteiger partial charge in [0, 0.05) is 18.6 Å². The molecule has 0 bridgehead atoms. The highest BCUT2D eigenvalue weighted by Gasteiger charge is 2.19. The number of rotatable bonds is 7. The Morgan fingerprint density at radius 2 is 1.93 bits per heavy atom. The molecule has 0 aromatic heterocycles. The minimum absolute atomic E-state index is 0.173. The Morgan fingerprint density at radius 3 is 2.29 bits per heavy atom. The fourth-order valence-corrected chi connectivity index (χ4v) is 1.89. The van der Waals surface area contributed by atoms with Crippen molar-refractivity contribution in [2.24, 2.45) is 0 Å². The first-order valence-electron chi connectivity index (χ1n) is 5.44. The maximum Gasteiger partial charge on any atom is 0.0638 e. The summed E-state index contributed by atoms with van der Waals surface area (Å²) in [6.07, 6.45) is 2.69. The van der Waals surface area contributed by atoms with Crippen LogP contribution < -0.4 is 0 Å². The number of aliphatic hydroxyl groups is 1. The summed E-state index contributed by atoms with van der Waals surface area (Å²) in [5.41, 5.74) is 0. The van der Waals surface area contributed by atoms with Gasteiger partial charge in [-0.3, -0.25) is 4.90 Å². The fourth-order valence-electron chi connectivity index (χ4n) is 1.89. The third-order valence-electron chi connectivity index (χ3n) is 2.72. The van der Waals surface area contributed by atoms with Gasteiger partial charge in [0.15, 0.2) is 0 Å². The predicted octanol–water partition coefficient (Wildman–Crippen LogP) is 1.77. The van der Waals surface area contributed by atoms with E-state index >= 15 is 0 Å². The summed E-state index contributed by atoms with van der Waals surface area (Å²) in [6, 6.07) is 2.92. The van der Waals surface area contributed by atoms with Crippen molar-refractivity contribution in [2.45, 2.75) is 52.1 Å². The first-order chi connectivity index (χ1) is 6.71. The zero-order valence-electron chi connectivity index (χ0n) is 9.53. The lowest BCUT2D eigenvalue weighted by atomic mass is 10.1. The quantitative estimate of drug-likeness (QED) is 0.678. The van der Waals surface area contributed by atoms with Crippen molar-refractivity contribution in [1.82, 2.24) is 4.90 Å². The molecule has 1 N–H and O–H groups in total. The smallest absolute Gasteiger partial charge is 0.0638 e. The zero-order valence-corrected chi connectivity index (χ0v) is 9.53. The molecular weight excluding hydrogens is 176 g/mol. The molecule has 3 nitrogen and oxygen atoms in total. The van der Waals surface area contributed by atoms with Crippen molar-refractivity contribution in [3.05, 3.63) is 0 Å². The van der Waals surface area contributed by atoms with Gasteiger partial charge in [-0.25, -0.2) is 0 Å². The minimum atomic E-state index is 0.173. The summed E-state index contributed by atoms with van der Waals surface area (Å²) < 4.78 is 0. The largest absolute Gasteiger partial charge is 0.395 e. The van der Waals surface area contributed by atoms with Gasteiger partial charge in [0.05, 0.1) is 19.1 Å². The van der Waals surface area contributed by atoms with Gasteiger partial charge in [-0.05, 0) is 19.8 Å². The van der Waals surface area contributed by atoms with Crippen LogP contribution in [0.25, 0.3) is 0 Å². The van der Waals surface area contributed by atoms with Crippen LogP contribution in [0.2, 0.25) is 0 Å². The molecule has 1 atom stereocenters. The van der Waals surface area contributed by atoms with Crippen LogP contribution in [0, 0.1) is 11.3 Å². The molecule has 82 valence electrons. The predicted molar refractivity (Wildman–Crippen MR) is 57.9 cm³/mol. The number of hydrogen-bond acceptors (Lipinski definition) is 3. The molecule has 0 aromatic carbocycles. The summed E-state index contributed by atoms with van der Waals surface area (Å²) in [7, 11) is 0. The SMILES string of the molecule is CCC(CC)N(CCO)C(C)CC#N. The molecule has 3 heteroatoms. The van der Waals surface area contributed by atoms with Crippen molar-refractivity contribution >= 4 is 0 Å². The Morgan fingerprint density at radius 1 is 1.36 bits per heavy atom. The molecule has 14 heavy (non-hydrogen) atoms. The average Bonchev–Trinajstić information content (AvgIpc) is 2.18. The van der Waals surface area contributed by atoms with Gasteiger partial charge >= 0.3 is 0 Å². The lowest BCUT2D eigenvalue weighted by Crippen LogP contribution is -2.42. The molecule has 0 fully saturated rings. The Kier molecular flexibility index (Phi) is 7.45. The van der Waals surface area contributed by atoms with Crippen LogP contribution in [0.5, 0.6) is 0 Å². The van der Waals surface area contributed by atoms with Crippen molar-refractivity contribution in [3.8, 4) is 6.07 Å². The lowest BCUT2D eigenvalue weighted by Gasteiger charge is -2.34. The number of aliphatic hydroxyl groups excluding tert-OH is 1. The summed E-state index contributed by atoms with van der Waals surface area (Å²) in [6.45, 7) is 7.20. The first kappa shape index (κ1) is 13.4. The van der Waals surface area contributed by atoms with E-state index in [4.69, 9.17) is 10.4 Å². The van der Waals surface area contributed by atoms with Gasteiger partial charge in [-0.1, -0.05) is 13.8 Å². The van der Waals surface area contributed by atoms with E-state index in [-0.39, 0.29) is 12.6 Å². The molecule has 0 aliphatic heterocycles. The van der Waals surface area contributed by atoms with Gasteiger partial charge < -0.3 is 5.11 Å². The van der Waals surface area contributed by atoms with E-state index in [1.165, 1.54) is 0 Å². The van der Waals surface area contributed by atoms with E-state index < -0.39 is 0 Å². The molecule has 0 aromatic rings. The van der Waals surface area contributed by atoms with E-state index in [1.807, 2.05) is 0 Å². The first-order valence-corrected chi connectivity index (χ1v) is 5.44. The van der Waals surface area contributed by atoms with Crippen LogP contribution in [0.4, 0.5) is 0 Å². The van der Waals surface area contributed by atoms with Gasteiger partial charge in [0.25, 0.3) is 0 Å². The summed E-state index contributed by atoms with van der Waals surface area (Å²) in [5.74, 6) is 0. The van der Waals surface area contributed by atoms with E-state index in [2.05, 4.69) is 31.7 Å². The van der Waals surface area contributed by atoms with Crippen LogP contribution in [-0.2, 0) is 0 Å². The highest BCUT2D eigenvalue weighted by atomic mass is 16.3. The van der Waals surface area contributed by atoms with E-state index in [0.717, 1.165) is 12.8 Å². The molecule has 0 aliphatic rings. The topological polar surface area (TPSA) is 47.3 Å². The van der Waals surface area contributed by atoms with Crippen LogP contribution >= 0.6 is 0 Å². The van der Waals surface area contributed by atoms with Crippen LogP contribution in [0.3, 0.4) is 0 Å². The summed E-state index contributed by atoms with van der Waals surface area (Å²) >= 11 is 0. The minimum Gasteiger partial charge on any atom is -0.395 e. The molecule has 0 aliphatic carbocycles. The molecule has 0 rings (SSSR count). The molecule has 0 spiro atoms. The lowest BCUT2D eigenvalue weighted by molar-refractivity contribution is 0.106. The summed E-state index contributed by atoms with van der Waals surface area (Å²) in [5, 5.41) is 17.6. The van der Waals surface area contributed by atoms with E-state index in [0.29, 0.717) is 19.0 Å². The second-order valence-electron chi connectivity index (χ2n) is 3.64. The Labute approximate surface area is 87.3 Å². The molecule has 0 heterocycles. The molecule has 0 saturated heterocycles. The van der Waals surface area contributed by atoms with Crippen LogP contribution in [0.15, 0.2) is 0 Å². The second-order valence-corrected chi connectivity index (χ2v) is 3.64. The monoisotopic (exact) mass is 198 g/mol. The Bertz CT molecular complexity index is 173. The Balaban J connectivity index is 4.32. The van der Waals surface area contributed by atoms with E-state index in [9.17, 15) is 0 Å². The number of hydrogen-bond donors (Lipinski definition) is 1. The number of nitrogens with zero attached hydrogens (tertiary/aromatic N) is 2. The third-order valence-corrected chi connectivity index (χ3v) is 2.72. The molecule has 1 unspecified atom stereocenters. The fraction of sp³-hybridized carbons (Fsp3) is 0.909. The maximum atomic E-state index is 8.97. The second kappa shape index (κ2) is 7.78. The number of nitriles is 1. The molecule has 0 saturated carbocycles. The maximum absolute atomic E-state index is 8.97. The average molecular weight is 198 g/mol. The van der Waals surface area contributed by atoms with Crippen LogP contribution in [0.1, 0.15) is 40.0 Å². The van der Waals surface area contributed by atoms with Crippen molar-refractivity contribution in [1.29, 1.82) is 5.26 Å². The van der Waals surface area contributed by atoms with Gasteiger partial charge in [-0.15, -0.1) is 0 Å². The normalized spacial score (nSPS) is 13.2. The third kappa shape index (κ3) is 4.08. The zero-order chi connectivity index (χ0) is 11.0. The van der Waals surface area contributed by atoms with Gasteiger partial charge in [0.1, 0.15) is 0 Å². The van der Waals surface area contributed by atoms with Crippen LogP contribution in [-0.4, -0.2) is 35.2 Å². The van der Waals surface area contributed by atoms with Crippen molar-refractivity contribution in [3.63, 3.8) is 0 Å². The molecular formula is C11H22N2O. The molecule has 0 amide bonds. The standard InChI is InChI=1S/C11H22N2O/c1-4-11(5-2)13(8-9-14)10(3)6-7-12/h10-11,14H,4-6,8-9H2,1-3H3. The van der Waals surface area contributed by atoms with Gasteiger partial charge in [-0.2, -0.15) is 5.26 Å². The summed E-state index contributed by atoms with van der Waals surface area (Å²) in [4.78, 5) is 2.24. The van der Waals surface area contributed by atoms with Crippen molar-refractivity contribution < 1.29 is 5.11 Å². The van der Waals surface area contributed by atoms with Gasteiger partial charge in [0.2, 0.25) is 0 Å². The highest BCUT2D eigenvalue weighted by molar-refractivity contribution is 4.82. The van der Waals surface area contributed by atoms with Crippen molar-refractivity contribution in [2.75, 3.05) is 13.2 Å². The molecule has 0 radical (unpaired) electrons. The Hall–Kier alpha value is -0.590. The van der Waals surface area contributed by atoms with E-state index in [1.54, 1.807) is 0 Å². The highest BCUT2D eigenvalue weighted by Crippen LogP contribution is 2.13.